The zero-order chi connectivity index (χ0) is 17.8. The van der Waals surface area contributed by atoms with Gasteiger partial charge in [-0.3, -0.25) is 10.1 Å². The van der Waals surface area contributed by atoms with Gasteiger partial charge < -0.3 is 15.3 Å². The third kappa shape index (κ3) is 3.87. The quantitative estimate of drug-likeness (QED) is 0.656. The van der Waals surface area contributed by atoms with Crippen LogP contribution in [0.2, 0.25) is 0 Å². The lowest BCUT2D eigenvalue weighted by molar-refractivity contribution is -0.384. The molecule has 7 heteroatoms. The number of nitrogens with zero attached hydrogens (tertiary/aromatic N) is 3. The van der Waals surface area contributed by atoms with Crippen molar-refractivity contribution in [1.82, 2.24) is 0 Å². The summed E-state index contributed by atoms with van der Waals surface area (Å²) >= 11 is 0. The Morgan fingerprint density at radius 3 is 2.68 bits per heavy atom. The molecule has 0 spiro atoms. The number of benzene rings is 2. The highest BCUT2D eigenvalue weighted by molar-refractivity contribution is 5.70. The van der Waals surface area contributed by atoms with Crippen molar-refractivity contribution in [2.75, 3.05) is 23.3 Å². The molecule has 1 fully saturated rings. The number of rotatable bonds is 4. The Morgan fingerprint density at radius 2 is 2.00 bits per heavy atom. The fourth-order valence-electron chi connectivity index (χ4n) is 2.91. The number of nitro groups is 1. The summed E-state index contributed by atoms with van der Waals surface area (Å²) in [4.78, 5) is 12.5. The van der Waals surface area contributed by atoms with Crippen molar-refractivity contribution in [3.05, 3.63) is 58.1 Å². The Morgan fingerprint density at radius 1 is 1.24 bits per heavy atom. The van der Waals surface area contributed by atoms with Crippen molar-refractivity contribution in [2.24, 2.45) is 0 Å². The Kier molecular flexibility index (Phi) is 4.82. The van der Waals surface area contributed by atoms with Crippen molar-refractivity contribution in [2.45, 2.75) is 18.9 Å². The molecule has 128 valence electrons. The molecule has 0 aromatic heterocycles. The van der Waals surface area contributed by atoms with E-state index < -0.39 is 4.92 Å². The first-order valence-electron chi connectivity index (χ1n) is 8.05. The van der Waals surface area contributed by atoms with E-state index in [0.717, 1.165) is 37.3 Å². The van der Waals surface area contributed by atoms with E-state index in [9.17, 15) is 20.5 Å². The van der Waals surface area contributed by atoms with Crippen molar-refractivity contribution in [3.63, 3.8) is 0 Å². The number of aliphatic hydroxyl groups excluding tert-OH is 1. The highest BCUT2D eigenvalue weighted by atomic mass is 16.6. The van der Waals surface area contributed by atoms with Crippen molar-refractivity contribution in [3.8, 4) is 6.07 Å². The number of anilines is 3. The van der Waals surface area contributed by atoms with Crippen LogP contribution in [0, 0.1) is 21.4 Å². The van der Waals surface area contributed by atoms with Gasteiger partial charge in [-0.2, -0.15) is 5.26 Å². The standard InChI is InChI=1S/C18H18N4O3/c19-12-13-10-16(22(24)25)4-5-18(13)20-14-2-1-3-15(11-14)21-8-6-17(23)7-9-21/h1-5,10-11,17,20,23H,6-9H2. The van der Waals surface area contributed by atoms with Gasteiger partial charge >= 0.3 is 0 Å². The van der Waals surface area contributed by atoms with Crippen LogP contribution in [0.4, 0.5) is 22.7 Å². The third-order valence-corrected chi connectivity index (χ3v) is 4.29. The summed E-state index contributed by atoms with van der Waals surface area (Å²) < 4.78 is 0. The SMILES string of the molecule is N#Cc1cc([N+](=O)[O-])ccc1Nc1cccc(N2CCC(O)CC2)c1. The first kappa shape index (κ1) is 16.7. The summed E-state index contributed by atoms with van der Waals surface area (Å²) in [7, 11) is 0. The molecule has 0 aliphatic carbocycles. The summed E-state index contributed by atoms with van der Waals surface area (Å²) in [5, 5.41) is 32.9. The molecule has 1 aliphatic heterocycles. The molecule has 0 atom stereocenters. The predicted molar refractivity (Wildman–Crippen MR) is 95.0 cm³/mol. The Hall–Kier alpha value is -3.11. The molecular weight excluding hydrogens is 320 g/mol. The first-order valence-corrected chi connectivity index (χ1v) is 8.05. The average molecular weight is 338 g/mol. The van der Waals surface area contributed by atoms with E-state index in [0.29, 0.717) is 5.69 Å². The fraction of sp³-hybridized carbons (Fsp3) is 0.278. The van der Waals surface area contributed by atoms with Gasteiger partial charge in [-0.1, -0.05) is 6.07 Å². The zero-order valence-corrected chi connectivity index (χ0v) is 13.6. The van der Waals surface area contributed by atoms with E-state index in [4.69, 9.17) is 0 Å². The smallest absolute Gasteiger partial charge is 0.270 e. The highest BCUT2D eigenvalue weighted by Gasteiger charge is 2.17. The monoisotopic (exact) mass is 338 g/mol. The van der Waals surface area contributed by atoms with E-state index in [1.807, 2.05) is 30.3 Å². The second kappa shape index (κ2) is 7.20. The summed E-state index contributed by atoms with van der Waals surface area (Å²) in [5.74, 6) is 0. The molecule has 1 aliphatic rings. The summed E-state index contributed by atoms with van der Waals surface area (Å²) in [6, 6.07) is 13.9. The van der Waals surface area contributed by atoms with Crippen molar-refractivity contribution >= 4 is 22.7 Å². The van der Waals surface area contributed by atoms with Gasteiger partial charge in [0.25, 0.3) is 5.69 Å². The molecule has 2 aromatic rings. The van der Waals surface area contributed by atoms with E-state index in [-0.39, 0.29) is 17.4 Å². The lowest BCUT2D eigenvalue weighted by atomic mass is 10.1. The van der Waals surface area contributed by atoms with Crippen LogP contribution in [-0.2, 0) is 0 Å². The van der Waals surface area contributed by atoms with Gasteiger partial charge in [-0.25, -0.2) is 0 Å². The lowest BCUT2D eigenvalue weighted by Crippen LogP contribution is -2.35. The Bertz CT molecular complexity index is 823. The maximum atomic E-state index is 10.8. The lowest BCUT2D eigenvalue weighted by Gasteiger charge is -2.31. The molecular formula is C18H18N4O3. The predicted octanol–water partition coefficient (Wildman–Crippen LogP) is 3.17. The molecule has 7 nitrogen and oxygen atoms in total. The number of non-ortho nitro benzene ring substituents is 1. The molecule has 0 unspecified atom stereocenters. The summed E-state index contributed by atoms with van der Waals surface area (Å²) in [5.41, 5.74) is 2.48. The number of aliphatic hydroxyl groups is 1. The molecule has 2 N–H and O–H groups in total. The van der Waals surface area contributed by atoms with Crippen LogP contribution < -0.4 is 10.2 Å². The summed E-state index contributed by atoms with van der Waals surface area (Å²) in [6.07, 6.45) is 1.27. The minimum Gasteiger partial charge on any atom is -0.393 e. The number of hydrogen-bond acceptors (Lipinski definition) is 6. The van der Waals surface area contributed by atoms with Crippen LogP contribution in [0.25, 0.3) is 0 Å². The van der Waals surface area contributed by atoms with Gasteiger partial charge in [-0.05, 0) is 37.1 Å². The molecule has 1 heterocycles. The number of piperidine rings is 1. The largest absolute Gasteiger partial charge is 0.393 e. The van der Waals surface area contributed by atoms with Gasteiger partial charge in [0.1, 0.15) is 6.07 Å². The normalized spacial score (nSPS) is 14.8. The number of hydrogen-bond donors (Lipinski definition) is 2. The third-order valence-electron chi connectivity index (χ3n) is 4.29. The van der Waals surface area contributed by atoms with E-state index in [1.54, 1.807) is 6.07 Å². The number of nitro benzene ring substituents is 1. The van der Waals surface area contributed by atoms with E-state index >= 15 is 0 Å². The minimum absolute atomic E-state index is 0.109. The first-order chi connectivity index (χ1) is 12.1. The zero-order valence-electron chi connectivity index (χ0n) is 13.6. The van der Waals surface area contributed by atoms with Gasteiger partial charge in [0.15, 0.2) is 0 Å². The van der Waals surface area contributed by atoms with Crippen LogP contribution in [-0.4, -0.2) is 29.2 Å². The van der Waals surface area contributed by atoms with Gasteiger partial charge in [0, 0.05) is 36.6 Å². The minimum atomic E-state index is -0.518. The van der Waals surface area contributed by atoms with E-state index in [1.165, 1.54) is 12.1 Å². The Labute approximate surface area is 145 Å². The van der Waals surface area contributed by atoms with Crippen LogP contribution in [0.3, 0.4) is 0 Å². The maximum Gasteiger partial charge on any atom is 0.270 e. The molecule has 0 radical (unpaired) electrons. The number of nitriles is 1. The van der Waals surface area contributed by atoms with Crippen LogP contribution in [0.5, 0.6) is 0 Å². The molecule has 1 saturated heterocycles. The van der Waals surface area contributed by atoms with Gasteiger partial charge in [-0.15, -0.1) is 0 Å². The topological polar surface area (TPSA) is 102 Å². The van der Waals surface area contributed by atoms with Gasteiger partial charge in [0.2, 0.25) is 0 Å². The van der Waals surface area contributed by atoms with Crippen LogP contribution >= 0.6 is 0 Å². The molecule has 0 amide bonds. The second-order valence-corrected chi connectivity index (χ2v) is 5.99. The van der Waals surface area contributed by atoms with Crippen LogP contribution in [0.15, 0.2) is 42.5 Å². The molecule has 3 rings (SSSR count). The van der Waals surface area contributed by atoms with E-state index in [2.05, 4.69) is 10.2 Å². The summed E-state index contributed by atoms with van der Waals surface area (Å²) in [6.45, 7) is 1.59. The number of nitrogens with one attached hydrogen (secondary N) is 1. The van der Waals surface area contributed by atoms with Crippen molar-refractivity contribution < 1.29 is 10.0 Å². The Balaban J connectivity index is 1.81. The van der Waals surface area contributed by atoms with Crippen molar-refractivity contribution in [1.29, 1.82) is 5.26 Å². The van der Waals surface area contributed by atoms with Gasteiger partial charge in [0.05, 0.1) is 22.3 Å². The molecule has 2 aromatic carbocycles. The highest BCUT2D eigenvalue weighted by Crippen LogP contribution is 2.28. The average Bonchev–Trinajstić information content (AvgIpc) is 2.62. The van der Waals surface area contributed by atoms with Crippen LogP contribution in [0.1, 0.15) is 18.4 Å². The molecule has 0 saturated carbocycles. The molecule has 25 heavy (non-hydrogen) atoms. The second-order valence-electron chi connectivity index (χ2n) is 5.99. The fourth-order valence-corrected chi connectivity index (χ4v) is 2.91. The maximum absolute atomic E-state index is 10.8. The molecule has 0 bridgehead atoms.